The standard InChI is InChI=1S/3C20H12O/c1-3-7-15-11-19-17(9-13(15)5-1)18-10-14-6-2-4-8-16(14)12-20(18)21-19;1-3-7-15-13(5-1)9-11-17-19(15)20-16-8-4-2-6-14(16)10-12-18(20)21-17;1-3-7-15-13(5-1)9-11-17-18-12-10-14-6-2-4-8-16(14)20(18)21-19(15)17/h3*1-12H. The minimum atomic E-state index is 0.957. The van der Waals surface area contributed by atoms with Gasteiger partial charge in [0.1, 0.15) is 33.5 Å². The summed E-state index contributed by atoms with van der Waals surface area (Å²) in [6.45, 7) is 0. The molecule has 15 rings (SSSR count). The Morgan fingerprint density at radius 1 is 0.190 bits per heavy atom. The van der Waals surface area contributed by atoms with Crippen molar-refractivity contribution in [3.63, 3.8) is 0 Å². The highest BCUT2D eigenvalue weighted by atomic mass is 16.3. The lowest BCUT2D eigenvalue weighted by molar-refractivity contribution is 0.669. The number of hydrogen-bond donors (Lipinski definition) is 0. The van der Waals surface area contributed by atoms with Crippen LogP contribution in [0.4, 0.5) is 0 Å². The highest BCUT2D eigenvalue weighted by Gasteiger charge is 2.14. The lowest BCUT2D eigenvalue weighted by Crippen LogP contribution is -1.76. The summed E-state index contributed by atoms with van der Waals surface area (Å²) >= 11 is 0. The first-order valence-electron chi connectivity index (χ1n) is 21.4. The van der Waals surface area contributed by atoms with Gasteiger partial charge in [-0.25, -0.2) is 0 Å². The van der Waals surface area contributed by atoms with Crippen molar-refractivity contribution in [3.05, 3.63) is 218 Å². The zero-order valence-corrected chi connectivity index (χ0v) is 34.0. The monoisotopic (exact) mass is 804 g/mol. The fraction of sp³-hybridized carbons (Fsp3) is 0. The SMILES string of the molecule is c1ccc2c(c1)ccc1c3ccc4ccccc4c3oc21.c1ccc2c(c1)ccc1oc3ccc4ccccc4c3c12.c1ccc2cc3c(cc2c1)oc1cc2ccccc2cc13. The van der Waals surface area contributed by atoms with E-state index in [4.69, 9.17) is 13.3 Å². The molecule has 0 saturated carbocycles. The van der Waals surface area contributed by atoms with Gasteiger partial charge in [0, 0.05) is 43.1 Å². The third kappa shape index (κ3) is 5.75. The molecule has 3 heterocycles. The first-order chi connectivity index (χ1) is 31.2. The average molecular weight is 805 g/mol. The zero-order valence-electron chi connectivity index (χ0n) is 34.0. The first kappa shape index (κ1) is 35.4. The summed E-state index contributed by atoms with van der Waals surface area (Å²) in [5.74, 6) is 0. The van der Waals surface area contributed by atoms with Crippen LogP contribution in [0.15, 0.2) is 232 Å². The van der Waals surface area contributed by atoms with E-state index in [1.54, 1.807) is 0 Å². The Balaban J connectivity index is 0.0000000957. The van der Waals surface area contributed by atoms with Crippen molar-refractivity contribution in [2.45, 2.75) is 0 Å². The first-order valence-corrected chi connectivity index (χ1v) is 21.4. The molecule has 0 N–H and O–H groups in total. The van der Waals surface area contributed by atoms with Gasteiger partial charge in [-0.15, -0.1) is 0 Å². The summed E-state index contributed by atoms with van der Waals surface area (Å²) in [6.07, 6.45) is 0. The van der Waals surface area contributed by atoms with Crippen molar-refractivity contribution in [3.8, 4) is 0 Å². The van der Waals surface area contributed by atoms with Gasteiger partial charge < -0.3 is 13.3 Å². The molecule has 12 aromatic carbocycles. The maximum absolute atomic E-state index is 6.28. The van der Waals surface area contributed by atoms with E-state index in [1.807, 2.05) is 0 Å². The molecule has 3 heteroatoms. The van der Waals surface area contributed by atoms with Crippen LogP contribution in [-0.4, -0.2) is 0 Å². The quantitative estimate of drug-likeness (QED) is 0.153. The van der Waals surface area contributed by atoms with E-state index in [2.05, 4.69) is 218 Å². The molecule has 0 aliphatic rings. The average Bonchev–Trinajstić information content (AvgIpc) is 4.04. The Morgan fingerprint density at radius 2 is 0.508 bits per heavy atom. The van der Waals surface area contributed by atoms with E-state index in [0.717, 1.165) is 33.5 Å². The van der Waals surface area contributed by atoms with Gasteiger partial charge in [-0.3, -0.25) is 0 Å². The van der Waals surface area contributed by atoms with Gasteiger partial charge in [-0.05, 0) is 102 Å². The van der Waals surface area contributed by atoms with Crippen LogP contribution in [-0.2, 0) is 0 Å². The fourth-order valence-corrected chi connectivity index (χ4v) is 9.69. The van der Waals surface area contributed by atoms with Gasteiger partial charge >= 0.3 is 0 Å². The molecule has 3 nitrogen and oxygen atoms in total. The van der Waals surface area contributed by atoms with Gasteiger partial charge in [-0.2, -0.15) is 0 Å². The van der Waals surface area contributed by atoms with E-state index in [0.29, 0.717) is 0 Å². The maximum Gasteiger partial charge on any atom is 0.143 e. The summed E-state index contributed by atoms with van der Waals surface area (Å²) in [6, 6.07) is 76.4. The lowest BCUT2D eigenvalue weighted by Gasteiger charge is -2.01. The lowest BCUT2D eigenvalue weighted by atomic mass is 10.00. The molecule has 63 heavy (non-hydrogen) atoms. The second-order valence-electron chi connectivity index (χ2n) is 16.3. The molecule has 0 saturated heterocycles. The van der Waals surface area contributed by atoms with Gasteiger partial charge in [0.05, 0.1) is 0 Å². The summed E-state index contributed by atoms with van der Waals surface area (Å²) in [4.78, 5) is 0. The van der Waals surface area contributed by atoms with E-state index < -0.39 is 0 Å². The smallest absolute Gasteiger partial charge is 0.143 e. The van der Waals surface area contributed by atoms with E-state index in [9.17, 15) is 0 Å². The molecule has 0 amide bonds. The van der Waals surface area contributed by atoms with Crippen LogP contribution in [0.2, 0.25) is 0 Å². The Morgan fingerprint density at radius 3 is 0.937 bits per heavy atom. The summed E-state index contributed by atoms with van der Waals surface area (Å²) in [7, 11) is 0. The maximum atomic E-state index is 6.28. The molecular formula is C60H36O3. The molecule has 0 fully saturated rings. The Kier molecular flexibility index (Phi) is 7.91. The number of rotatable bonds is 0. The number of fused-ring (bicyclic) bond motifs is 19. The summed E-state index contributed by atoms with van der Waals surface area (Å²) in [5.41, 5.74) is 5.80. The zero-order chi connectivity index (χ0) is 41.4. The third-order valence-electron chi connectivity index (χ3n) is 12.7. The van der Waals surface area contributed by atoms with Crippen molar-refractivity contribution >= 4 is 130 Å². The molecule has 15 aromatic rings. The van der Waals surface area contributed by atoms with Gasteiger partial charge in [0.15, 0.2) is 0 Å². The fourth-order valence-electron chi connectivity index (χ4n) is 9.69. The van der Waals surface area contributed by atoms with Crippen molar-refractivity contribution < 1.29 is 13.3 Å². The molecule has 294 valence electrons. The second-order valence-corrected chi connectivity index (χ2v) is 16.3. The van der Waals surface area contributed by atoms with Crippen LogP contribution in [0.3, 0.4) is 0 Å². The van der Waals surface area contributed by atoms with E-state index in [1.165, 1.54) is 97.0 Å². The minimum absolute atomic E-state index is 0.957. The van der Waals surface area contributed by atoms with Gasteiger partial charge in [0.25, 0.3) is 0 Å². The largest absolute Gasteiger partial charge is 0.456 e. The van der Waals surface area contributed by atoms with Crippen LogP contribution in [0.1, 0.15) is 0 Å². The summed E-state index contributed by atoms with van der Waals surface area (Å²) < 4.78 is 18.4. The third-order valence-corrected chi connectivity index (χ3v) is 12.7. The van der Waals surface area contributed by atoms with Crippen molar-refractivity contribution in [1.29, 1.82) is 0 Å². The molecule has 0 spiro atoms. The minimum Gasteiger partial charge on any atom is -0.456 e. The van der Waals surface area contributed by atoms with Crippen LogP contribution in [0.5, 0.6) is 0 Å². The normalized spacial score (nSPS) is 11.8. The molecule has 3 aromatic heterocycles. The number of benzene rings is 12. The molecule has 0 radical (unpaired) electrons. The highest BCUT2D eigenvalue weighted by Crippen LogP contribution is 2.40. The number of furan rings is 3. The second kappa shape index (κ2) is 14.1. The summed E-state index contributed by atoms with van der Waals surface area (Å²) in [5, 5.41) is 21.9. The molecule has 0 aliphatic carbocycles. The van der Waals surface area contributed by atoms with Gasteiger partial charge in [-0.1, -0.05) is 170 Å². The Hall–Kier alpha value is -8.40. The topological polar surface area (TPSA) is 39.4 Å². The predicted molar refractivity (Wildman–Crippen MR) is 266 cm³/mol. The van der Waals surface area contributed by atoms with E-state index >= 15 is 0 Å². The van der Waals surface area contributed by atoms with Crippen LogP contribution >= 0.6 is 0 Å². The van der Waals surface area contributed by atoms with Crippen LogP contribution in [0, 0.1) is 0 Å². The molecule has 0 unspecified atom stereocenters. The van der Waals surface area contributed by atoms with Crippen LogP contribution in [0.25, 0.3) is 130 Å². The molecular weight excluding hydrogens is 769 g/mol. The molecule has 0 aliphatic heterocycles. The van der Waals surface area contributed by atoms with Crippen molar-refractivity contribution in [1.82, 2.24) is 0 Å². The Bertz CT molecular complexity index is 4010. The van der Waals surface area contributed by atoms with Crippen molar-refractivity contribution in [2.24, 2.45) is 0 Å². The molecule has 0 atom stereocenters. The van der Waals surface area contributed by atoms with Gasteiger partial charge in [0.2, 0.25) is 0 Å². The molecule has 0 bridgehead atoms. The Labute approximate surface area is 360 Å². The van der Waals surface area contributed by atoms with E-state index in [-0.39, 0.29) is 0 Å². The highest BCUT2D eigenvalue weighted by molar-refractivity contribution is 6.26. The predicted octanol–water partition coefficient (Wildman–Crippen LogP) is 17.7. The van der Waals surface area contributed by atoms with Crippen LogP contribution < -0.4 is 0 Å². The van der Waals surface area contributed by atoms with Crippen molar-refractivity contribution in [2.75, 3.05) is 0 Å². The number of hydrogen-bond acceptors (Lipinski definition) is 3.